The standard InChI is InChI=1S/C22H24N4O4S/c1-2-29-22(28)16-5-3-6-17(13-16)23-21(27)15-8-10-26(11-9-15)14-19-24-20(25-30-19)18-7-4-12-31-18/h3-7,12-13,15H,2,8-11,14H2,1H3,(H,23,27). The minimum atomic E-state index is -0.393. The number of esters is 1. The highest BCUT2D eigenvalue weighted by Crippen LogP contribution is 2.24. The number of benzene rings is 1. The molecule has 0 spiro atoms. The molecule has 1 saturated heterocycles. The van der Waals surface area contributed by atoms with E-state index in [4.69, 9.17) is 9.26 Å². The number of ether oxygens (including phenoxy) is 1. The molecule has 3 aromatic rings. The number of rotatable bonds is 7. The average molecular weight is 441 g/mol. The van der Waals surface area contributed by atoms with Crippen molar-refractivity contribution >= 4 is 28.9 Å². The van der Waals surface area contributed by atoms with Crippen LogP contribution in [-0.2, 0) is 16.1 Å². The quantitative estimate of drug-likeness (QED) is 0.558. The molecule has 9 heteroatoms. The molecule has 0 saturated carbocycles. The summed E-state index contributed by atoms with van der Waals surface area (Å²) < 4.78 is 10.4. The molecule has 31 heavy (non-hydrogen) atoms. The van der Waals surface area contributed by atoms with Crippen molar-refractivity contribution < 1.29 is 18.8 Å². The Morgan fingerprint density at radius 2 is 2.10 bits per heavy atom. The number of hydrogen-bond acceptors (Lipinski definition) is 8. The van der Waals surface area contributed by atoms with E-state index < -0.39 is 5.97 Å². The van der Waals surface area contributed by atoms with Crippen LogP contribution in [0.2, 0.25) is 0 Å². The summed E-state index contributed by atoms with van der Waals surface area (Å²) in [4.78, 5) is 32.2. The maximum atomic E-state index is 12.7. The Balaban J connectivity index is 1.27. The molecule has 0 aliphatic carbocycles. The summed E-state index contributed by atoms with van der Waals surface area (Å²) in [5.41, 5.74) is 1.03. The van der Waals surface area contributed by atoms with Gasteiger partial charge >= 0.3 is 5.97 Å². The van der Waals surface area contributed by atoms with Crippen molar-refractivity contribution in [1.82, 2.24) is 15.0 Å². The van der Waals surface area contributed by atoms with E-state index in [9.17, 15) is 9.59 Å². The van der Waals surface area contributed by atoms with Crippen molar-refractivity contribution in [2.75, 3.05) is 25.0 Å². The van der Waals surface area contributed by atoms with Gasteiger partial charge in [0.05, 0.1) is 23.6 Å². The van der Waals surface area contributed by atoms with Crippen LogP contribution in [-0.4, -0.2) is 46.6 Å². The van der Waals surface area contributed by atoms with E-state index >= 15 is 0 Å². The first-order chi connectivity index (χ1) is 15.1. The van der Waals surface area contributed by atoms with E-state index in [1.807, 2.05) is 17.5 Å². The molecule has 2 aromatic heterocycles. The van der Waals surface area contributed by atoms with Crippen LogP contribution in [0, 0.1) is 5.92 Å². The minimum Gasteiger partial charge on any atom is -0.462 e. The van der Waals surface area contributed by atoms with E-state index in [2.05, 4.69) is 20.4 Å². The summed E-state index contributed by atoms with van der Waals surface area (Å²) in [6.45, 7) is 4.20. The highest BCUT2D eigenvalue weighted by atomic mass is 32.1. The summed E-state index contributed by atoms with van der Waals surface area (Å²) in [6, 6.07) is 10.7. The Kier molecular flexibility index (Phi) is 6.73. The molecule has 1 aliphatic heterocycles. The Bertz CT molecular complexity index is 1030. The fraction of sp³-hybridized carbons (Fsp3) is 0.364. The lowest BCUT2D eigenvalue weighted by Gasteiger charge is -2.30. The first kappa shape index (κ1) is 21.2. The van der Waals surface area contributed by atoms with E-state index in [1.54, 1.807) is 42.5 Å². The summed E-state index contributed by atoms with van der Waals surface area (Å²) in [5, 5.41) is 8.95. The van der Waals surface area contributed by atoms with Gasteiger partial charge in [-0.2, -0.15) is 4.98 Å². The van der Waals surface area contributed by atoms with Crippen LogP contribution in [0.3, 0.4) is 0 Å². The van der Waals surface area contributed by atoms with Crippen molar-refractivity contribution in [2.24, 2.45) is 5.92 Å². The van der Waals surface area contributed by atoms with Crippen molar-refractivity contribution in [3.63, 3.8) is 0 Å². The molecular formula is C22H24N4O4S. The molecule has 1 aliphatic rings. The third-order valence-corrected chi connectivity index (χ3v) is 6.03. The lowest BCUT2D eigenvalue weighted by Crippen LogP contribution is -2.37. The Morgan fingerprint density at radius 1 is 1.26 bits per heavy atom. The van der Waals surface area contributed by atoms with Gasteiger partial charge in [-0.3, -0.25) is 9.69 Å². The number of carbonyl (C=O) groups is 2. The first-order valence-electron chi connectivity index (χ1n) is 10.3. The molecule has 1 aromatic carbocycles. The van der Waals surface area contributed by atoms with E-state index in [0.29, 0.717) is 36.1 Å². The van der Waals surface area contributed by atoms with Crippen molar-refractivity contribution in [2.45, 2.75) is 26.3 Å². The van der Waals surface area contributed by atoms with Crippen LogP contribution in [0.5, 0.6) is 0 Å². The molecule has 0 radical (unpaired) electrons. The molecule has 0 unspecified atom stereocenters. The largest absolute Gasteiger partial charge is 0.462 e. The number of nitrogens with one attached hydrogen (secondary N) is 1. The normalized spacial score (nSPS) is 15.0. The van der Waals surface area contributed by atoms with E-state index in [1.165, 1.54) is 0 Å². The molecule has 162 valence electrons. The van der Waals surface area contributed by atoms with Crippen LogP contribution < -0.4 is 5.32 Å². The van der Waals surface area contributed by atoms with Crippen LogP contribution in [0.15, 0.2) is 46.3 Å². The molecule has 8 nitrogen and oxygen atoms in total. The highest BCUT2D eigenvalue weighted by Gasteiger charge is 2.26. The number of piperidine rings is 1. The van der Waals surface area contributed by atoms with Crippen molar-refractivity contribution in [1.29, 1.82) is 0 Å². The lowest BCUT2D eigenvalue weighted by molar-refractivity contribution is -0.121. The smallest absolute Gasteiger partial charge is 0.338 e. The second-order valence-corrected chi connectivity index (χ2v) is 8.28. The molecule has 0 bridgehead atoms. The van der Waals surface area contributed by atoms with E-state index in [0.717, 1.165) is 30.8 Å². The van der Waals surface area contributed by atoms with Gasteiger partial charge in [0.25, 0.3) is 0 Å². The second-order valence-electron chi connectivity index (χ2n) is 7.33. The third-order valence-electron chi connectivity index (χ3n) is 5.17. The van der Waals surface area contributed by atoms with E-state index in [-0.39, 0.29) is 11.8 Å². The topological polar surface area (TPSA) is 97.6 Å². The summed E-state index contributed by atoms with van der Waals surface area (Å²) in [6.07, 6.45) is 1.49. The molecular weight excluding hydrogens is 416 g/mol. The first-order valence-corrected chi connectivity index (χ1v) is 11.2. The zero-order chi connectivity index (χ0) is 21.6. The molecule has 4 rings (SSSR count). The number of carbonyl (C=O) groups excluding carboxylic acids is 2. The molecule has 0 atom stereocenters. The molecule has 1 fully saturated rings. The number of amides is 1. The number of nitrogens with zero attached hydrogens (tertiary/aromatic N) is 3. The van der Waals surface area contributed by atoms with Gasteiger partial charge in [-0.05, 0) is 62.5 Å². The summed E-state index contributed by atoms with van der Waals surface area (Å²) in [5.74, 6) is 0.701. The van der Waals surface area contributed by atoms with Gasteiger partial charge in [-0.25, -0.2) is 4.79 Å². The average Bonchev–Trinajstić information content (AvgIpc) is 3.47. The molecule has 3 heterocycles. The van der Waals surface area contributed by atoms with Gasteiger partial charge in [0, 0.05) is 11.6 Å². The van der Waals surface area contributed by atoms with Crippen LogP contribution in [0.4, 0.5) is 5.69 Å². The summed E-state index contributed by atoms with van der Waals surface area (Å²) in [7, 11) is 0. The zero-order valence-corrected chi connectivity index (χ0v) is 18.1. The maximum Gasteiger partial charge on any atom is 0.338 e. The molecule has 1 amide bonds. The van der Waals surface area contributed by atoms with Crippen molar-refractivity contribution in [3.05, 3.63) is 53.2 Å². The van der Waals surface area contributed by atoms with Crippen molar-refractivity contribution in [3.8, 4) is 10.7 Å². The zero-order valence-electron chi connectivity index (χ0n) is 17.2. The number of hydrogen-bond donors (Lipinski definition) is 1. The van der Waals surface area contributed by atoms with Gasteiger partial charge in [0.15, 0.2) is 0 Å². The van der Waals surface area contributed by atoms with Gasteiger partial charge < -0.3 is 14.6 Å². The van der Waals surface area contributed by atoms with Gasteiger partial charge in [-0.1, -0.05) is 17.3 Å². The van der Waals surface area contributed by atoms with Crippen LogP contribution in [0.25, 0.3) is 10.7 Å². The third kappa shape index (κ3) is 5.36. The SMILES string of the molecule is CCOC(=O)c1cccc(NC(=O)C2CCN(Cc3nc(-c4cccs4)no3)CC2)c1. The number of anilines is 1. The number of aromatic nitrogens is 2. The molecule has 1 N–H and O–H groups in total. The lowest BCUT2D eigenvalue weighted by atomic mass is 9.95. The van der Waals surface area contributed by atoms with Crippen LogP contribution in [0.1, 0.15) is 36.0 Å². The maximum absolute atomic E-state index is 12.7. The number of thiophene rings is 1. The van der Waals surface area contributed by atoms with Gasteiger partial charge in [-0.15, -0.1) is 11.3 Å². The Labute approximate surface area is 184 Å². The van der Waals surface area contributed by atoms with Gasteiger partial charge in [0.2, 0.25) is 17.6 Å². The number of likely N-dealkylation sites (tertiary alicyclic amines) is 1. The minimum absolute atomic E-state index is 0.0292. The Hall–Kier alpha value is -3.04. The predicted octanol–water partition coefficient (Wildman–Crippen LogP) is 3.83. The predicted molar refractivity (Wildman–Crippen MR) is 117 cm³/mol. The highest BCUT2D eigenvalue weighted by molar-refractivity contribution is 7.13. The fourth-order valence-corrected chi connectivity index (χ4v) is 4.20. The fourth-order valence-electron chi connectivity index (χ4n) is 3.55. The summed E-state index contributed by atoms with van der Waals surface area (Å²) >= 11 is 1.58. The Morgan fingerprint density at radius 3 is 2.84 bits per heavy atom. The van der Waals surface area contributed by atoms with Gasteiger partial charge in [0.1, 0.15) is 0 Å². The second kappa shape index (κ2) is 9.84. The monoisotopic (exact) mass is 440 g/mol. The van der Waals surface area contributed by atoms with Crippen LogP contribution >= 0.6 is 11.3 Å².